The van der Waals surface area contributed by atoms with Crippen LogP contribution in [0.4, 0.5) is 0 Å². The maximum atomic E-state index is 12.2. The SMILES string of the molecule is NC(=O)C1CN(C(c2ccccc2)c2ccc(Cl)cc2)CCN1CCOCC(=O)O. The van der Waals surface area contributed by atoms with E-state index in [9.17, 15) is 9.59 Å². The van der Waals surface area contributed by atoms with E-state index in [-0.39, 0.29) is 19.3 Å². The number of carbonyl (C=O) groups is 2. The van der Waals surface area contributed by atoms with Crippen molar-refractivity contribution in [3.63, 3.8) is 0 Å². The third kappa shape index (κ3) is 5.79. The standard InChI is InChI=1S/C22H26ClN3O4/c23-18-8-6-17(7-9-18)21(16-4-2-1-3-5-16)26-11-10-25(19(14-26)22(24)29)12-13-30-15-20(27)28/h1-9,19,21H,10-15H2,(H2,24,29)(H,27,28). The van der Waals surface area contributed by atoms with E-state index in [0.717, 1.165) is 17.7 Å². The van der Waals surface area contributed by atoms with Crippen LogP contribution in [0.25, 0.3) is 0 Å². The summed E-state index contributed by atoms with van der Waals surface area (Å²) in [7, 11) is 0. The monoisotopic (exact) mass is 431 g/mol. The fourth-order valence-electron chi connectivity index (χ4n) is 3.85. The molecule has 1 saturated heterocycles. The van der Waals surface area contributed by atoms with E-state index in [4.69, 9.17) is 27.2 Å². The summed E-state index contributed by atoms with van der Waals surface area (Å²) in [6, 6.07) is 17.4. The lowest BCUT2D eigenvalue weighted by molar-refractivity contribution is -0.142. The molecule has 0 saturated carbocycles. The minimum atomic E-state index is -1.01. The molecule has 3 rings (SSSR count). The lowest BCUT2D eigenvalue weighted by atomic mass is 9.95. The topological polar surface area (TPSA) is 96.1 Å². The molecule has 0 bridgehead atoms. The molecule has 2 aromatic rings. The van der Waals surface area contributed by atoms with E-state index < -0.39 is 17.9 Å². The van der Waals surface area contributed by atoms with Gasteiger partial charge in [0.15, 0.2) is 0 Å². The van der Waals surface area contributed by atoms with E-state index in [0.29, 0.717) is 24.7 Å². The van der Waals surface area contributed by atoms with Crippen molar-refractivity contribution < 1.29 is 19.4 Å². The Balaban J connectivity index is 1.77. The summed E-state index contributed by atoms with van der Waals surface area (Å²) in [5.74, 6) is -1.42. The van der Waals surface area contributed by atoms with Crippen molar-refractivity contribution in [2.24, 2.45) is 5.73 Å². The number of carboxylic acid groups (broad SMARTS) is 1. The van der Waals surface area contributed by atoms with Crippen LogP contribution in [-0.4, -0.2) is 72.2 Å². The molecule has 3 N–H and O–H groups in total. The Morgan fingerprint density at radius 1 is 1.10 bits per heavy atom. The van der Waals surface area contributed by atoms with E-state index in [1.807, 2.05) is 47.4 Å². The average Bonchev–Trinajstić information content (AvgIpc) is 2.74. The number of amides is 1. The molecular formula is C22H26ClN3O4. The normalized spacial score (nSPS) is 18.8. The first-order chi connectivity index (χ1) is 14.5. The predicted molar refractivity (Wildman–Crippen MR) is 114 cm³/mol. The van der Waals surface area contributed by atoms with Gasteiger partial charge >= 0.3 is 5.97 Å². The first-order valence-electron chi connectivity index (χ1n) is 9.83. The minimum Gasteiger partial charge on any atom is -0.480 e. The highest BCUT2D eigenvalue weighted by Crippen LogP contribution is 2.31. The molecule has 0 spiro atoms. The number of aliphatic carboxylic acids is 1. The number of primary amides is 1. The third-order valence-corrected chi connectivity index (χ3v) is 5.52. The summed E-state index contributed by atoms with van der Waals surface area (Å²) in [4.78, 5) is 27.0. The van der Waals surface area contributed by atoms with Crippen molar-refractivity contribution in [2.75, 3.05) is 39.4 Å². The number of benzene rings is 2. The number of hydrogen-bond acceptors (Lipinski definition) is 5. The zero-order valence-corrected chi connectivity index (χ0v) is 17.4. The second kappa shape index (κ2) is 10.5. The number of rotatable bonds is 9. The van der Waals surface area contributed by atoms with Crippen molar-refractivity contribution in [1.82, 2.24) is 9.80 Å². The van der Waals surface area contributed by atoms with Gasteiger partial charge < -0.3 is 15.6 Å². The maximum Gasteiger partial charge on any atom is 0.329 e. The smallest absolute Gasteiger partial charge is 0.329 e. The number of carbonyl (C=O) groups excluding carboxylic acids is 1. The molecule has 1 fully saturated rings. The van der Waals surface area contributed by atoms with Crippen molar-refractivity contribution >= 4 is 23.5 Å². The lowest BCUT2D eigenvalue weighted by Gasteiger charge is -2.43. The number of ether oxygens (including phenoxy) is 1. The molecule has 7 nitrogen and oxygen atoms in total. The molecule has 8 heteroatoms. The third-order valence-electron chi connectivity index (χ3n) is 5.27. The van der Waals surface area contributed by atoms with Gasteiger partial charge in [-0.05, 0) is 23.3 Å². The van der Waals surface area contributed by atoms with Crippen LogP contribution in [0, 0.1) is 0 Å². The van der Waals surface area contributed by atoms with Crippen molar-refractivity contribution in [3.05, 3.63) is 70.7 Å². The average molecular weight is 432 g/mol. The van der Waals surface area contributed by atoms with Gasteiger partial charge in [0.25, 0.3) is 0 Å². The second-order valence-electron chi connectivity index (χ2n) is 7.26. The summed E-state index contributed by atoms with van der Waals surface area (Å²) < 4.78 is 5.13. The number of carboxylic acids is 1. The molecule has 160 valence electrons. The zero-order chi connectivity index (χ0) is 21.5. The van der Waals surface area contributed by atoms with Crippen LogP contribution >= 0.6 is 11.6 Å². The van der Waals surface area contributed by atoms with Crippen LogP contribution in [0.5, 0.6) is 0 Å². The van der Waals surface area contributed by atoms with Crippen LogP contribution < -0.4 is 5.73 Å². The number of nitrogens with zero attached hydrogens (tertiary/aromatic N) is 2. The molecule has 2 unspecified atom stereocenters. The molecule has 2 aromatic carbocycles. The molecule has 1 amide bonds. The van der Waals surface area contributed by atoms with Gasteiger partial charge in [-0.2, -0.15) is 0 Å². The lowest BCUT2D eigenvalue weighted by Crippen LogP contribution is -2.59. The summed E-state index contributed by atoms with van der Waals surface area (Å²) in [5, 5.41) is 9.37. The van der Waals surface area contributed by atoms with Gasteiger partial charge in [0.2, 0.25) is 5.91 Å². The highest BCUT2D eigenvalue weighted by Gasteiger charge is 2.34. The summed E-state index contributed by atoms with van der Waals surface area (Å²) >= 11 is 6.08. The Kier molecular flexibility index (Phi) is 7.81. The maximum absolute atomic E-state index is 12.2. The van der Waals surface area contributed by atoms with Gasteiger partial charge in [-0.1, -0.05) is 54.1 Å². The van der Waals surface area contributed by atoms with Gasteiger partial charge in [-0.15, -0.1) is 0 Å². The van der Waals surface area contributed by atoms with Crippen LogP contribution in [0.2, 0.25) is 5.02 Å². The largest absolute Gasteiger partial charge is 0.480 e. The van der Waals surface area contributed by atoms with Crippen LogP contribution in [0.1, 0.15) is 17.2 Å². The fraction of sp³-hybridized carbons (Fsp3) is 0.364. The predicted octanol–water partition coefficient (Wildman–Crippen LogP) is 2.00. The fourth-order valence-corrected chi connectivity index (χ4v) is 3.98. The Bertz CT molecular complexity index is 847. The number of halogens is 1. The van der Waals surface area contributed by atoms with Gasteiger partial charge in [0.1, 0.15) is 12.6 Å². The molecule has 2 atom stereocenters. The Hall–Kier alpha value is -2.45. The van der Waals surface area contributed by atoms with Gasteiger partial charge in [0, 0.05) is 31.2 Å². The van der Waals surface area contributed by atoms with Crippen molar-refractivity contribution in [1.29, 1.82) is 0 Å². The Labute approximate surface area is 181 Å². The van der Waals surface area contributed by atoms with Crippen LogP contribution in [0.15, 0.2) is 54.6 Å². The van der Waals surface area contributed by atoms with Gasteiger partial charge in [-0.25, -0.2) is 4.79 Å². The first kappa shape index (κ1) is 22.2. The zero-order valence-electron chi connectivity index (χ0n) is 16.6. The van der Waals surface area contributed by atoms with Crippen molar-refractivity contribution in [3.8, 4) is 0 Å². The molecule has 0 aliphatic carbocycles. The van der Waals surface area contributed by atoms with Gasteiger partial charge in [-0.3, -0.25) is 14.6 Å². The molecule has 1 heterocycles. The number of hydrogen-bond donors (Lipinski definition) is 2. The quantitative estimate of drug-likeness (QED) is 0.589. The highest BCUT2D eigenvalue weighted by molar-refractivity contribution is 6.30. The van der Waals surface area contributed by atoms with E-state index in [2.05, 4.69) is 17.0 Å². The number of nitrogens with two attached hydrogens (primary N) is 1. The minimum absolute atomic E-state index is 0.0317. The van der Waals surface area contributed by atoms with Crippen LogP contribution in [-0.2, 0) is 14.3 Å². The first-order valence-corrected chi connectivity index (χ1v) is 10.2. The van der Waals surface area contributed by atoms with Crippen molar-refractivity contribution in [2.45, 2.75) is 12.1 Å². The van der Waals surface area contributed by atoms with Gasteiger partial charge in [0.05, 0.1) is 12.6 Å². The van der Waals surface area contributed by atoms with Crippen LogP contribution in [0.3, 0.4) is 0 Å². The highest BCUT2D eigenvalue weighted by atomic mass is 35.5. The summed E-state index contributed by atoms with van der Waals surface area (Å²) in [5.41, 5.74) is 7.93. The molecule has 0 radical (unpaired) electrons. The Morgan fingerprint density at radius 3 is 2.40 bits per heavy atom. The number of piperazine rings is 1. The molecule has 30 heavy (non-hydrogen) atoms. The summed E-state index contributed by atoms with van der Waals surface area (Å²) in [6.45, 7) is 2.15. The second-order valence-corrected chi connectivity index (χ2v) is 7.70. The van der Waals surface area contributed by atoms with E-state index >= 15 is 0 Å². The van der Waals surface area contributed by atoms with E-state index in [1.54, 1.807) is 0 Å². The molecule has 1 aliphatic rings. The Morgan fingerprint density at radius 2 is 1.77 bits per heavy atom. The van der Waals surface area contributed by atoms with E-state index in [1.165, 1.54) is 0 Å². The molecule has 0 aromatic heterocycles. The summed E-state index contributed by atoms with van der Waals surface area (Å²) in [6.07, 6.45) is 0. The molecular weight excluding hydrogens is 406 g/mol. The molecule has 1 aliphatic heterocycles.